The van der Waals surface area contributed by atoms with Gasteiger partial charge in [-0.25, -0.2) is 0 Å². The molecule has 1 amide bonds. The van der Waals surface area contributed by atoms with E-state index < -0.39 is 5.54 Å². The van der Waals surface area contributed by atoms with E-state index in [9.17, 15) is 4.79 Å². The van der Waals surface area contributed by atoms with Gasteiger partial charge in [0.15, 0.2) is 0 Å². The third-order valence-electron chi connectivity index (χ3n) is 3.78. The quantitative estimate of drug-likeness (QED) is 0.868. The van der Waals surface area contributed by atoms with Gasteiger partial charge in [0.25, 0.3) is 0 Å². The lowest BCUT2D eigenvalue weighted by Crippen LogP contribution is -2.49. The van der Waals surface area contributed by atoms with Gasteiger partial charge in [0.1, 0.15) is 0 Å². The highest BCUT2D eigenvalue weighted by Gasteiger charge is 2.26. The van der Waals surface area contributed by atoms with Crippen LogP contribution in [-0.4, -0.2) is 31.1 Å². The van der Waals surface area contributed by atoms with Crippen molar-refractivity contribution >= 4 is 17.3 Å². The van der Waals surface area contributed by atoms with Crippen LogP contribution in [0.25, 0.3) is 0 Å². The summed E-state index contributed by atoms with van der Waals surface area (Å²) in [5, 5.41) is 6.14. The zero-order valence-electron chi connectivity index (χ0n) is 12.7. The Morgan fingerprint density at radius 2 is 1.80 bits per heavy atom. The molecular weight excluding hydrogens is 250 g/mol. The van der Waals surface area contributed by atoms with Gasteiger partial charge in [-0.1, -0.05) is 6.92 Å². The summed E-state index contributed by atoms with van der Waals surface area (Å²) in [5.74, 6) is -0.00623. The van der Waals surface area contributed by atoms with Crippen molar-refractivity contribution in [2.45, 2.75) is 39.2 Å². The van der Waals surface area contributed by atoms with Gasteiger partial charge in [-0.05, 0) is 57.5 Å². The number of anilines is 2. The summed E-state index contributed by atoms with van der Waals surface area (Å²) in [4.78, 5) is 14.6. The number of carbonyl (C=O) groups is 1. The van der Waals surface area contributed by atoms with Crippen LogP contribution in [0.1, 0.15) is 33.6 Å². The molecule has 0 bridgehead atoms. The lowest BCUT2D eigenvalue weighted by Gasteiger charge is -2.24. The van der Waals surface area contributed by atoms with Gasteiger partial charge < -0.3 is 15.5 Å². The van der Waals surface area contributed by atoms with E-state index in [-0.39, 0.29) is 5.91 Å². The first-order valence-electron chi connectivity index (χ1n) is 7.44. The van der Waals surface area contributed by atoms with Crippen molar-refractivity contribution in [2.24, 2.45) is 0 Å². The maximum absolute atomic E-state index is 12.2. The van der Waals surface area contributed by atoms with E-state index in [4.69, 9.17) is 0 Å². The normalized spacial score (nSPS) is 15.4. The monoisotopic (exact) mass is 275 g/mol. The van der Waals surface area contributed by atoms with Gasteiger partial charge >= 0.3 is 0 Å². The van der Waals surface area contributed by atoms with Crippen molar-refractivity contribution in [3.05, 3.63) is 24.3 Å². The summed E-state index contributed by atoms with van der Waals surface area (Å²) in [6.07, 6.45) is 2.55. The highest BCUT2D eigenvalue weighted by molar-refractivity contribution is 5.97. The first kappa shape index (κ1) is 14.9. The Kier molecular flexibility index (Phi) is 4.65. The summed E-state index contributed by atoms with van der Waals surface area (Å²) in [6, 6.07) is 8.13. The lowest BCUT2D eigenvalue weighted by molar-refractivity contribution is -0.121. The second-order valence-electron chi connectivity index (χ2n) is 5.85. The van der Waals surface area contributed by atoms with E-state index in [0.29, 0.717) is 0 Å². The van der Waals surface area contributed by atoms with Crippen molar-refractivity contribution in [1.29, 1.82) is 0 Å². The third-order valence-corrected chi connectivity index (χ3v) is 3.78. The van der Waals surface area contributed by atoms with Gasteiger partial charge in [-0.3, -0.25) is 4.79 Å². The Labute approximate surface area is 121 Å². The molecule has 1 aromatic carbocycles. The largest absolute Gasteiger partial charge is 0.372 e. The van der Waals surface area contributed by atoms with E-state index >= 15 is 0 Å². The fourth-order valence-electron chi connectivity index (χ4n) is 2.54. The maximum atomic E-state index is 12.2. The molecule has 1 aliphatic rings. The molecule has 0 unspecified atom stereocenters. The number of rotatable bonds is 5. The Morgan fingerprint density at radius 3 is 2.35 bits per heavy atom. The van der Waals surface area contributed by atoms with Crippen molar-refractivity contribution < 1.29 is 4.79 Å². The van der Waals surface area contributed by atoms with Gasteiger partial charge in [0.05, 0.1) is 5.54 Å². The van der Waals surface area contributed by atoms with E-state index in [1.807, 2.05) is 32.9 Å². The number of nitrogens with zero attached hydrogens (tertiary/aromatic N) is 1. The Bertz CT molecular complexity index is 447. The van der Waals surface area contributed by atoms with Crippen LogP contribution in [0.4, 0.5) is 11.4 Å². The molecule has 0 aliphatic carbocycles. The molecule has 1 heterocycles. The van der Waals surface area contributed by atoms with E-state index in [1.165, 1.54) is 18.5 Å². The van der Waals surface area contributed by atoms with Crippen molar-refractivity contribution in [1.82, 2.24) is 5.32 Å². The smallest absolute Gasteiger partial charge is 0.244 e. The number of benzene rings is 1. The van der Waals surface area contributed by atoms with Gasteiger partial charge in [-0.15, -0.1) is 0 Å². The molecule has 2 rings (SSSR count). The fourth-order valence-corrected chi connectivity index (χ4v) is 2.54. The number of hydrogen-bond donors (Lipinski definition) is 2. The zero-order valence-corrected chi connectivity index (χ0v) is 12.7. The van der Waals surface area contributed by atoms with E-state index in [2.05, 4.69) is 27.7 Å². The summed E-state index contributed by atoms with van der Waals surface area (Å²) in [5.41, 5.74) is 1.54. The van der Waals surface area contributed by atoms with Crippen LogP contribution in [0.3, 0.4) is 0 Å². The third kappa shape index (κ3) is 3.51. The minimum atomic E-state index is -0.553. The second kappa shape index (κ2) is 6.27. The van der Waals surface area contributed by atoms with E-state index in [1.54, 1.807) is 0 Å². The Balaban J connectivity index is 1.98. The van der Waals surface area contributed by atoms with Crippen molar-refractivity contribution in [2.75, 3.05) is 29.9 Å². The molecule has 2 N–H and O–H groups in total. The molecule has 110 valence electrons. The van der Waals surface area contributed by atoms with Crippen molar-refractivity contribution in [3.63, 3.8) is 0 Å². The summed E-state index contributed by atoms with van der Waals surface area (Å²) in [7, 11) is 0. The zero-order chi connectivity index (χ0) is 14.6. The highest BCUT2D eigenvalue weighted by Crippen LogP contribution is 2.22. The predicted octanol–water partition coefficient (Wildman–Crippen LogP) is 2.61. The minimum Gasteiger partial charge on any atom is -0.372 e. The van der Waals surface area contributed by atoms with E-state index in [0.717, 1.165) is 25.3 Å². The Morgan fingerprint density at radius 1 is 1.20 bits per heavy atom. The summed E-state index contributed by atoms with van der Waals surface area (Å²) >= 11 is 0. The summed E-state index contributed by atoms with van der Waals surface area (Å²) < 4.78 is 0. The number of amides is 1. The van der Waals surface area contributed by atoms with Crippen LogP contribution in [0.5, 0.6) is 0 Å². The standard InChI is InChI=1S/C16H25N3O/c1-4-17-16(2,3)15(20)18-13-7-9-14(10-8-13)19-11-5-6-12-19/h7-10,17H,4-6,11-12H2,1-3H3,(H,18,20). The lowest BCUT2D eigenvalue weighted by atomic mass is 10.0. The van der Waals surface area contributed by atoms with Gasteiger partial charge in [-0.2, -0.15) is 0 Å². The Hall–Kier alpha value is -1.55. The first-order valence-corrected chi connectivity index (χ1v) is 7.44. The molecule has 1 saturated heterocycles. The molecular formula is C16H25N3O. The van der Waals surface area contributed by atoms with Crippen LogP contribution >= 0.6 is 0 Å². The molecule has 0 saturated carbocycles. The highest BCUT2D eigenvalue weighted by atomic mass is 16.2. The number of carbonyl (C=O) groups excluding carboxylic acids is 1. The van der Waals surface area contributed by atoms with Gasteiger partial charge in [0, 0.05) is 24.5 Å². The van der Waals surface area contributed by atoms with Crippen LogP contribution in [-0.2, 0) is 4.79 Å². The topological polar surface area (TPSA) is 44.4 Å². The molecule has 4 heteroatoms. The molecule has 4 nitrogen and oxygen atoms in total. The molecule has 0 radical (unpaired) electrons. The molecule has 1 aliphatic heterocycles. The predicted molar refractivity (Wildman–Crippen MR) is 84.3 cm³/mol. The molecule has 1 aromatic rings. The number of nitrogens with one attached hydrogen (secondary N) is 2. The SMILES string of the molecule is CCNC(C)(C)C(=O)Nc1ccc(N2CCCC2)cc1. The molecule has 1 fully saturated rings. The fraction of sp³-hybridized carbons (Fsp3) is 0.562. The number of likely N-dealkylation sites (N-methyl/N-ethyl adjacent to an activating group) is 1. The average molecular weight is 275 g/mol. The molecule has 0 spiro atoms. The van der Waals surface area contributed by atoms with Crippen molar-refractivity contribution in [3.8, 4) is 0 Å². The molecule has 20 heavy (non-hydrogen) atoms. The maximum Gasteiger partial charge on any atom is 0.244 e. The summed E-state index contributed by atoms with van der Waals surface area (Å²) in [6.45, 7) is 8.83. The number of hydrogen-bond acceptors (Lipinski definition) is 3. The second-order valence-corrected chi connectivity index (χ2v) is 5.85. The average Bonchev–Trinajstić information content (AvgIpc) is 2.93. The molecule has 0 aromatic heterocycles. The van der Waals surface area contributed by atoms with Crippen LogP contribution in [0.15, 0.2) is 24.3 Å². The van der Waals surface area contributed by atoms with Crippen LogP contribution < -0.4 is 15.5 Å². The van der Waals surface area contributed by atoms with Crippen LogP contribution in [0, 0.1) is 0 Å². The molecule has 0 atom stereocenters. The van der Waals surface area contributed by atoms with Crippen LogP contribution in [0.2, 0.25) is 0 Å². The minimum absolute atomic E-state index is 0.00623. The van der Waals surface area contributed by atoms with Gasteiger partial charge in [0.2, 0.25) is 5.91 Å². The first-order chi connectivity index (χ1) is 9.53.